The summed E-state index contributed by atoms with van der Waals surface area (Å²) < 4.78 is 29.0. The molecule has 6 heteroatoms. The van der Waals surface area contributed by atoms with Crippen molar-refractivity contribution in [3.05, 3.63) is 56.5 Å². The quantitative estimate of drug-likeness (QED) is 0.789. The van der Waals surface area contributed by atoms with Gasteiger partial charge < -0.3 is 0 Å². The molecule has 2 aromatic rings. The van der Waals surface area contributed by atoms with Crippen LogP contribution in [0.5, 0.6) is 0 Å². The van der Waals surface area contributed by atoms with Crippen LogP contribution in [-0.4, -0.2) is 8.42 Å². The lowest BCUT2D eigenvalue weighted by Crippen LogP contribution is -2.13. The van der Waals surface area contributed by atoms with E-state index in [4.69, 9.17) is 0 Å². The average Bonchev–Trinajstić information content (AvgIpc) is 2.30. The first kappa shape index (κ1) is 15.5. The molecule has 0 heterocycles. The minimum atomic E-state index is -3.58. The van der Waals surface area contributed by atoms with E-state index in [0.717, 1.165) is 20.1 Å². The molecule has 0 aliphatic rings. The van der Waals surface area contributed by atoms with Crippen molar-refractivity contribution < 1.29 is 8.42 Å². The van der Waals surface area contributed by atoms with Crippen LogP contribution in [0, 0.1) is 13.8 Å². The molecule has 1 N–H and O–H groups in total. The Kier molecular flexibility index (Phi) is 4.56. The van der Waals surface area contributed by atoms with Gasteiger partial charge in [-0.1, -0.05) is 31.9 Å². The third-order valence-electron chi connectivity index (χ3n) is 2.73. The first-order valence-corrected chi connectivity index (χ1v) is 8.91. The van der Waals surface area contributed by atoms with Gasteiger partial charge in [-0.2, -0.15) is 0 Å². The summed E-state index contributed by atoms with van der Waals surface area (Å²) in [7, 11) is -3.58. The van der Waals surface area contributed by atoms with Gasteiger partial charge >= 0.3 is 0 Å². The summed E-state index contributed by atoms with van der Waals surface area (Å²) in [5.41, 5.74) is 2.39. The number of hydrogen-bond donors (Lipinski definition) is 1. The van der Waals surface area contributed by atoms with E-state index < -0.39 is 10.0 Å². The monoisotopic (exact) mass is 417 g/mol. The maximum Gasteiger partial charge on any atom is 0.261 e. The first-order chi connectivity index (χ1) is 9.28. The molecule has 0 radical (unpaired) electrons. The van der Waals surface area contributed by atoms with Crippen LogP contribution >= 0.6 is 31.9 Å². The number of benzene rings is 2. The molecule has 0 fully saturated rings. The summed E-state index contributed by atoms with van der Waals surface area (Å²) in [6, 6.07) is 10.4. The lowest BCUT2D eigenvalue weighted by atomic mass is 10.2. The zero-order valence-corrected chi connectivity index (χ0v) is 14.9. The second-order valence-corrected chi connectivity index (χ2v) is 7.99. The molecule has 2 aromatic carbocycles. The van der Waals surface area contributed by atoms with Crippen molar-refractivity contribution in [1.82, 2.24) is 0 Å². The topological polar surface area (TPSA) is 46.2 Å². The molecule has 0 saturated heterocycles. The third kappa shape index (κ3) is 3.62. The van der Waals surface area contributed by atoms with E-state index in [2.05, 4.69) is 36.6 Å². The molecular weight excluding hydrogens is 406 g/mol. The highest BCUT2D eigenvalue weighted by Gasteiger charge is 2.15. The Morgan fingerprint density at radius 1 is 1.00 bits per heavy atom. The normalized spacial score (nSPS) is 11.4. The Balaban J connectivity index is 2.37. The number of halogens is 2. The number of aryl methyl sites for hydroxylation is 2. The number of anilines is 1. The van der Waals surface area contributed by atoms with Gasteiger partial charge in [0.05, 0.1) is 10.6 Å². The van der Waals surface area contributed by atoms with Gasteiger partial charge in [0.25, 0.3) is 10.0 Å². The molecule has 0 aliphatic carbocycles. The van der Waals surface area contributed by atoms with Crippen molar-refractivity contribution in [3.8, 4) is 0 Å². The smallest absolute Gasteiger partial charge is 0.261 e. The summed E-state index contributed by atoms with van der Waals surface area (Å²) in [4.78, 5) is 0.246. The first-order valence-electron chi connectivity index (χ1n) is 5.84. The van der Waals surface area contributed by atoms with E-state index in [-0.39, 0.29) is 4.90 Å². The van der Waals surface area contributed by atoms with Crippen LogP contribution in [-0.2, 0) is 10.0 Å². The fourth-order valence-corrected chi connectivity index (χ4v) is 3.77. The largest absolute Gasteiger partial charge is 0.280 e. The molecule has 0 saturated carbocycles. The van der Waals surface area contributed by atoms with Gasteiger partial charge in [-0.3, -0.25) is 4.72 Å². The minimum absolute atomic E-state index is 0.246. The van der Waals surface area contributed by atoms with Crippen molar-refractivity contribution in [1.29, 1.82) is 0 Å². The Labute approximate surface area is 135 Å². The van der Waals surface area contributed by atoms with Gasteiger partial charge in [-0.25, -0.2) is 8.42 Å². The Hall–Kier alpha value is -0.850. The number of nitrogens with one attached hydrogen (secondary N) is 1. The second-order valence-electron chi connectivity index (χ2n) is 4.53. The van der Waals surface area contributed by atoms with Crippen molar-refractivity contribution in [2.45, 2.75) is 18.7 Å². The van der Waals surface area contributed by atoms with Crippen molar-refractivity contribution in [3.63, 3.8) is 0 Å². The summed E-state index contributed by atoms with van der Waals surface area (Å²) in [6.45, 7) is 3.76. The highest BCUT2D eigenvalue weighted by molar-refractivity contribution is 9.10. The predicted molar refractivity (Wildman–Crippen MR) is 88.6 cm³/mol. The fourth-order valence-electron chi connectivity index (χ4n) is 1.79. The Bertz CT molecular complexity index is 738. The lowest BCUT2D eigenvalue weighted by molar-refractivity contribution is 0.601. The molecule has 0 amide bonds. The van der Waals surface area contributed by atoms with E-state index in [9.17, 15) is 8.42 Å². The summed E-state index contributed by atoms with van der Waals surface area (Å²) >= 11 is 6.72. The highest BCUT2D eigenvalue weighted by atomic mass is 79.9. The number of sulfonamides is 1. The van der Waals surface area contributed by atoms with Crippen molar-refractivity contribution in [2.75, 3.05) is 4.72 Å². The Morgan fingerprint density at radius 3 is 2.30 bits per heavy atom. The van der Waals surface area contributed by atoms with E-state index >= 15 is 0 Å². The molecule has 0 spiro atoms. The predicted octanol–water partition coefficient (Wildman–Crippen LogP) is 4.63. The number of hydrogen-bond acceptors (Lipinski definition) is 2. The summed E-state index contributed by atoms with van der Waals surface area (Å²) in [5, 5.41) is 0. The van der Waals surface area contributed by atoms with Crippen molar-refractivity contribution >= 4 is 47.6 Å². The average molecular weight is 419 g/mol. The molecule has 0 atom stereocenters. The van der Waals surface area contributed by atoms with Crippen LogP contribution in [0.4, 0.5) is 5.69 Å². The van der Waals surface area contributed by atoms with E-state index in [0.29, 0.717) is 5.69 Å². The maximum atomic E-state index is 12.3. The zero-order valence-electron chi connectivity index (χ0n) is 10.9. The summed E-state index contributed by atoms with van der Waals surface area (Å²) in [6.07, 6.45) is 0. The second kappa shape index (κ2) is 5.87. The summed E-state index contributed by atoms with van der Waals surface area (Å²) in [5.74, 6) is 0. The molecule has 0 unspecified atom stereocenters. The van der Waals surface area contributed by atoms with Gasteiger partial charge in [0.1, 0.15) is 0 Å². The van der Waals surface area contributed by atoms with E-state index in [1.54, 1.807) is 30.3 Å². The number of rotatable bonds is 3. The van der Waals surface area contributed by atoms with Gasteiger partial charge in [-0.15, -0.1) is 0 Å². The van der Waals surface area contributed by atoms with Crippen LogP contribution in [0.3, 0.4) is 0 Å². The molecule has 2 rings (SSSR count). The van der Waals surface area contributed by atoms with Crippen LogP contribution in [0.25, 0.3) is 0 Å². The van der Waals surface area contributed by atoms with Crippen molar-refractivity contribution in [2.24, 2.45) is 0 Å². The van der Waals surface area contributed by atoms with Gasteiger partial charge in [0.15, 0.2) is 0 Å². The van der Waals surface area contributed by atoms with Crippen LogP contribution in [0.2, 0.25) is 0 Å². The van der Waals surface area contributed by atoms with E-state index in [1.165, 1.54) is 0 Å². The molecule has 3 nitrogen and oxygen atoms in total. The molecule has 0 aromatic heterocycles. The molecule has 0 bridgehead atoms. The third-order valence-corrected chi connectivity index (χ3v) is 5.46. The standard InChI is InChI=1S/C14H13Br2NO2S/c1-9-5-11(15)8-12(6-9)17-20(18,19)13-3-4-14(16)10(2)7-13/h3-8,17H,1-2H3. The van der Waals surface area contributed by atoms with Gasteiger partial charge in [0, 0.05) is 8.95 Å². The SMILES string of the molecule is Cc1cc(Br)cc(NS(=O)(=O)c2ccc(Br)c(C)c2)c1. The Morgan fingerprint density at radius 2 is 1.70 bits per heavy atom. The fraction of sp³-hybridized carbons (Fsp3) is 0.143. The molecule has 106 valence electrons. The minimum Gasteiger partial charge on any atom is -0.280 e. The maximum absolute atomic E-state index is 12.3. The molecule has 20 heavy (non-hydrogen) atoms. The lowest BCUT2D eigenvalue weighted by Gasteiger charge is -2.10. The molecule has 0 aliphatic heterocycles. The van der Waals surface area contributed by atoms with Crippen LogP contribution < -0.4 is 4.72 Å². The zero-order chi connectivity index (χ0) is 14.9. The van der Waals surface area contributed by atoms with Crippen LogP contribution in [0.1, 0.15) is 11.1 Å². The van der Waals surface area contributed by atoms with E-state index in [1.807, 2.05) is 19.9 Å². The molecular formula is C14H13Br2NO2S. The highest BCUT2D eigenvalue weighted by Crippen LogP contribution is 2.24. The van der Waals surface area contributed by atoms with Gasteiger partial charge in [-0.05, 0) is 61.4 Å². The van der Waals surface area contributed by atoms with Gasteiger partial charge in [0.2, 0.25) is 0 Å². The van der Waals surface area contributed by atoms with Crippen LogP contribution in [0.15, 0.2) is 50.2 Å².